The van der Waals surface area contributed by atoms with Crippen LogP contribution in [0.2, 0.25) is 0 Å². The zero-order valence-corrected chi connectivity index (χ0v) is 13.8. The zero-order valence-electron chi connectivity index (χ0n) is 10.6. The summed E-state index contributed by atoms with van der Waals surface area (Å²) >= 11 is 6.85. The minimum Gasteiger partial charge on any atom is -0.335 e. The number of rotatable bonds is 3. The molecule has 0 aliphatic carbocycles. The summed E-state index contributed by atoms with van der Waals surface area (Å²) in [5.74, 6) is 0.235. The Hall–Kier alpha value is -0.390. The molecule has 102 valence electrons. The molecular formula is C14H16BrNOS2. The summed E-state index contributed by atoms with van der Waals surface area (Å²) in [5.41, 5.74) is 0. The highest BCUT2D eigenvalue weighted by atomic mass is 79.9. The Balaban J connectivity index is 1.83. The lowest BCUT2D eigenvalue weighted by Gasteiger charge is -2.35. The monoisotopic (exact) mass is 357 g/mol. The molecule has 1 saturated heterocycles. The number of piperidine rings is 1. The molecule has 0 radical (unpaired) electrons. The maximum Gasteiger partial charge on any atom is 0.264 e. The fourth-order valence-electron chi connectivity index (χ4n) is 2.71. The van der Waals surface area contributed by atoms with Crippen LogP contribution < -0.4 is 0 Å². The van der Waals surface area contributed by atoms with Gasteiger partial charge in [0.25, 0.3) is 5.91 Å². The molecule has 0 bridgehead atoms. The second-order valence-electron chi connectivity index (χ2n) is 4.89. The number of nitrogens with zero attached hydrogens (tertiary/aromatic N) is 1. The fourth-order valence-corrected chi connectivity index (χ4v) is 5.30. The number of halogens is 1. The van der Waals surface area contributed by atoms with Crippen molar-refractivity contribution in [2.45, 2.75) is 31.7 Å². The number of hydrogen-bond acceptors (Lipinski definition) is 3. The molecule has 2 aromatic heterocycles. The van der Waals surface area contributed by atoms with Crippen LogP contribution in [0.1, 0.15) is 35.4 Å². The SMILES string of the molecule is O=C(c1cc2sccc2s1)N1CCCCC1CCBr. The molecule has 19 heavy (non-hydrogen) atoms. The number of amides is 1. The van der Waals surface area contributed by atoms with Crippen LogP contribution in [0.5, 0.6) is 0 Å². The van der Waals surface area contributed by atoms with Crippen molar-refractivity contribution >= 4 is 53.9 Å². The van der Waals surface area contributed by atoms with E-state index in [4.69, 9.17) is 0 Å². The van der Waals surface area contributed by atoms with Gasteiger partial charge in [0.05, 0.1) is 4.88 Å². The lowest BCUT2D eigenvalue weighted by molar-refractivity contribution is 0.0615. The van der Waals surface area contributed by atoms with E-state index >= 15 is 0 Å². The topological polar surface area (TPSA) is 20.3 Å². The lowest BCUT2D eigenvalue weighted by atomic mass is 10.00. The van der Waals surface area contributed by atoms with Crippen molar-refractivity contribution in [2.75, 3.05) is 11.9 Å². The summed E-state index contributed by atoms with van der Waals surface area (Å²) in [6.45, 7) is 0.919. The molecule has 0 spiro atoms. The van der Waals surface area contributed by atoms with E-state index in [1.54, 1.807) is 22.7 Å². The maximum atomic E-state index is 12.7. The van der Waals surface area contributed by atoms with Crippen LogP contribution in [0.25, 0.3) is 9.40 Å². The molecule has 0 N–H and O–H groups in total. The number of carbonyl (C=O) groups excluding carboxylic acids is 1. The highest BCUT2D eigenvalue weighted by Gasteiger charge is 2.27. The van der Waals surface area contributed by atoms with Crippen molar-refractivity contribution in [1.29, 1.82) is 0 Å². The molecule has 2 nitrogen and oxygen atoms in total. The third kappa shape index (κ3) is 2.73. The van der Waals surface area contributed by atoms with Crippen molar-refractivity contribution in [3.05, 3.63) is 22.4 Å². The molecule has 1 unspecified atom stereocenters. The van der Waals surface area contributed by atoms with Gasteiger partial charge in [-0.05, 0) is 43.2 Å². The predicted molar refractivity (Wildman–Crippen MR) is 86.8 cm³/mol. The largest absolute Gasteiger partial charge is 0.335 e. The number of thiophene rings is 2. The van der Waals surface area contributed by atoms with E-state index in [0.717, 1.165) is 36.0 Å². The van der Waals surface area contributed by atoms with Crippen LogP contribution >= 0.6 is 38.6 Å². The minimum absolute atomic E-state index is 0.235. The average Bonchev–Trinajstić information content (AvgIpc) is 2.99. The number of alkyl halides is 1. The Morgan fingerprint density at radius 2 is 2.32 bits per heavy atom. The summed E-state index contributed by atoms with van der Waals surface area (Å²) in [7, 11) is 0. The predicted octanol–water partition coefficient (Wildman–Crippen LogP) is 4.74. The molecule has 3 heterocycles. The molecule has 5 heteroatoms. The highest BCUT2D eigenvalue weighted by Crippen LogP contribution is 2.32. The van der Waals surface area contributed by atoms with Crippen molar-refractivity contribution < 1.29 is 4.79 Å². The molecule has 0 aromatic carbocycles. The summed E-state index contributed by atoms with van der Waals surface area (Å²) in [4.78, 5) is 15.7. The number of carbonyl (C=O) groups is 1. The summed E-state index contributed by atoms with van der Waals surface area (Å²) < 4.78 is 2.48. The first-order valence-corrected chi connectivity index (χ1v) is 9.45. The van der Waals surface area contributed by atoms with E-state index in [9.17, 15) is 4.79 Å². The van der Waals surface area contributed by atoms with Gasteiger partial charge in [-0.1, -0.05) is 15.9 Å². The molecule has 1 atom stereocenters. The number of hydrogen-bond donors (Lipinski definition) is 0. The standard InChI is InChI=1S/C14H16BrNOS2/c15-6-4-10-3-1-2-7-16(10)14(17)13-9-12-11(19-13)5-8-18-12/h5,8-10H,1-4,6-7H2. The lowest BCUT2D eigenvalue weighted by Crippen LogP contribution is -2.43. The van der Waals surface area contributed by atoms with Crippen molar-refractivity contribution in [3.63, 3.8) is 0 Å². The van der Waals surface area contributed by atoms with Crippen molar-refractivity contribution in [2.24, 2.45) is 0 Å². The van der Waals surface area contributed by atoms with Gasteiger partial charge in [-0.2, -0.15) is 0 Å². The first kappa shape index (κ1) is 13.6. The molecular weight excluding hydrogens is 342 g/mol. The fraction of sp³-hybridized carbons (Fsp3) is 0.500. The van der Waals surface area contributed by atoms with Crippen LogP contribution in [0.3, 0.4) is 0 Å². The second kappa shape index (κ2) is 5.94. The Kier molecular flexibility index (Phi) is 4.24. The van der Waals surface area contributed by atoms with E-state index in [1.807, 2.05) is 0 Å². The van der Waals surface area contributed by atoms with Gasteiger partial charge in [-0.15, -0.1) is 22.7 Å². The van der Waals surface area contributed by atoms with Gasteiger partial charge in [-0.25, -0.2) is 0 Å². The Labute approximate surface area is 129 Å². The van der Waals surface area contributed by atoms with E-state index in [1.165, 1.54) is 15.8 Å². The quantitative estimate of drug-likeness (QED) is 0.726. The average molecular weight is 358 g/mol. The van der Waals surface area contributed by atoms with Gasteiger partial charge in [0, 0.05) is 27.3 Å². The summed E-state index contributed by atoms with van der Waals surface area (Å²) in [5, 5.41) is 3.06. The Morgan fingerprint density at radius 1 is 1.42 bits per heavy atom. The molecule has 1 fully saturated rings. The van der Waals surface area contributed by atoms with Crippen LogP contribution in [-0.4, -0.2) is 28.7 Å². The third-order valence-electron chi connectivity index (χ3n) is 3.68. The Morgan fingerprint density at radius 3 is 3.11 bits per heavy atom. The van der Waals surface area contributed by atoms with Gasteiger partial charge in [0.1, 0.15) is 0 Å². The Bertz CT molecular complexity index is 546. The minimum atomic E-state index is 0.235. The number of likely N-dealkylation sites (tertiary alicyclic amines) is 1. The molecule has 3 rings (SSSR count). The molecule has 0 saturated carbocycles. The van der Waals surface area contributed by atoms with Gasteiger partial charge in [0.2, 0.25) is 0 Å². The van der Waals surface area contributed by atoms with Crippen molar-refractivity contribution in [1.82, 2.24) is 4.90 Å². The maximum absolute atomic E-state index is 12.7. The van der Waals surface area contributed by atoms with E-state index < -0.39 is 0 Å². The molecule has 1 aliphatic rings. The second-order valence-corrected chi connectivity index (χ2v) is 7.71. The summed E-state index contributed by atoms with van der Waals surface area (Å²) in [6, 6.07) is 4.58. The van der Waals surface area contributed by atoms with Crippen LogP contribution in [0.15, 0.2) is 17.5 Å². The van der Waals surface area contributed by atoms with E-state index in [0.29, 0.717) is 6.04 Å². The zero-order chi connectivity index (χ0) is 13.2. The first-order valence-electron chi connectivity index (χ1n) is 6.63. The first-order chi connectivity index (χ1) is 9.29. The normalized spacial score (nSPS) is 20.1. The highest BCUT2D eigenvalue weighted by molar-refractivity contribution is 9.09. The van der Waals surface area contributed by atoms with Crippen LogP contribution in [-0.2, 0) is 0 Å². The van der Waals surface area contributed by atoms with Gasteiger partial charge < -0.3 is 4.90 Å². The van der Waals surface area contributed by atoms with Gasteiger partial charge >= 0.3 is 0 Å². The van der Waals surface area contributed by atoms with E-state index in [-0.39, 0.29) is 5.91 Å². The summed E-state index contributed by atoms with van der Waals surface area (Å²) in [6.07, 6.45) is 4.60. The van der Waals surface area contributed by atoms with Crippen molar-refractivity contribution in [3.8, 4) is 0 Å². The third-order valence-corrected chi connectivity index (χ3v) is 6.22. The molecule has 2 aromatic rings. The van der Waals surface area contributed by atoms with E-state index in [2.05, 4.69) is 38.3 Å². The van der Waals surface area contributed by atoms with Crippen LogP contribution in [0.4, 0.5) is 0 Å². The molecule has 1 amide bonds. The molecule has 1 aliphatic heterocycles. The van der Waals surface area contributed by atoms with Gasteiger partial charge in [-0.3, -0.25) is 4.79 Å². The van der Waals surface area contributed by atoms with Crippen LogP contribution in [0, 0.1) is 0 Å². The van der Waals surface area contributed by atoms with Gasteiger partial charge in [0.15, 0.2) is 0 Å². The smallest absolute Gasteiger partial charge is 0.264 e. The number of fused-ring (bicyclic) bond motifs is 1.